The van der Waals surface area contributed by atoms with E-state index in [1.807, 2.05) is 0 Å². The van der Waals surface area contributed by atoms with Crippen molar-refractivity contribution in [1.82, 2.24) is 14.1 Å². The van der Waals surface area contributed by atoms with Crippen LogP contribution >= 0.6 is 0 Å². The quantitative estimate of drug-likeness (QED) is 0.841. The molecule has 2 heterocycles. The zero-order valence-electron chi connectivity index (χ0n) is 14.1. The number of nitrogens with zero attached hydrogens (tertiary/aromatic N) is 3. The molecule has 0 radical (unpaired) electrons. The van der Waals surface area contributed by atoms with Gasteiger partial charge in [0.2, 0.25) is 10.0 Å². The largest absolute Gasteiger partial charge is 0.481 e. The lowest BCUT2D eigenvalue weighted by Gasteiger charge is -2.21. The minimum absolute atomic E-state index is 0.0733. The van der Waals surface area contributed by atoms with E-state index in [-0.39, 0.29) is 24.9 Å². The maximum atomic E-state index is 13.2. The Morgan fingerprint density at radius 2 is 1.88 bits per heavy atom. The third-order valence-electron chi connectivity index (χ3n) is 5.34. The number of aromatic nitrogens is 2. The molecule has 2 atom stereocenters. The van der Waals surface area contributed by atoms with Crippen molar-refractivity contribution in [2.24, 2.45) is 24.8 Å². The van der Waals surface area contributed by atoms with Gasteiger partial charge in [0, 0.05) is 26.3 Å². The fourth-order valence-electron chi connectivity index (χ4n) is 4.10. The van der Waals surface area contributed by atoms with Crippen molar-refractivity contribution in [3.05, 3.63) is 11.9 Å². The number of alkyl halides is 3. The van der Waals surface area contributed by atoms with E-state index in [0.717, 1.165) is 40.9 Å². The molecule has 1 N–H and O–H groups in total. The highest BCUT2D eigenvalue weighted by atomic mass is 32.2. The number of halogens is 3. The lowest BCUT2D eigenvalue weighted by Crippen LogP contribution is -2.31. The summed E-state index contributed by atoms with van der Waals surface area (Å²) >= 11 is 0. The van der Waals surface area contributed by atoms with Gasteiger partial charge in [0.1, 0.15) is 4.90 Å². The van der Waals surface area contributed by atoms with Crippen LogP contribution in [0.1, 0.15) is 31.4 Å². The molecule has 7 nitrogen and oxygen atoms in total. The topological polar surface area (TPSA) is 92.5 Å². The smallest absolute Gasteiger partial charge is 0.436 e. The van der Waals surface area contributed by atoms with Gasteiger partial charge in [0.15, 0.2) is 5.69 Å². The highest BCUT2D eigenvalue weighted by Crippen LogP contribution is 2.42. The van der Waals surface area contributed by atoms with Crippen LogP contribution in [0.2, 0.25) is 0 Å². The van der Waals surface area contributed by atoms with Crippen molar-refractivity contribution in [1.29, 1.82) is 0 Å². The van der Waals surface area contributed by atoms with Crippen LogP contribution in [-0.4, -0.2) is 46.7 Å². The summed E-state index contributed by atoms with van der Waals surface area (Å²) in [6, 6.07) is 0. The standard InChI is InChI=1S/C15H20F3N3O4S/c1-20-8-12(13(19-20)15(16,17)18)26(24,25)21-6-10(9-4-2-3-5-9)11(7-21)14(22)23/h8-11H,2-7H2,1H3,(H,22,23)/t10-,11+/m0/s1. The van der Waals surface area contributed by atoms with E-state index in [1.165, 1.54) is 7.05 Å². The van der Waals surface area contributed by atoms with Crippen LogP contribution in [0.5, 0.6) is 0 Å². The van der Waals surface area contributed by atoms with Crippen molar-refractivity contribution >= 4 is 16.0 Å². The minimum Gasteiger partial charge on any atom is -0.481 e. The van der Waals surface area contributed by atoms with E-state index < -0.39 is 38.7 Å². The fourth-order valence-corrected chi connectivity index (χ4v) is 5.79. The average molecular weight is 395 g/mol. The molecule has 26 heavy (non-hydrogen) atoms. The van der Waals surface area contributed by atoms with Crippen molar-refractivity contribution in [3.8, 4) is 0 Å². The number of carbonyl (C=O) groups is 1. The summed E-state index contributed by atoms with van der Waals surface area (Å²) in [6.07, 6.45) is -0.536. The van der Waals surface area contributed by atoms with Crippen LogP contribution in [0, 0.1) is 17.8 Å². The first-order valence-corrected chi connectivity index (χ1v) is 9.79. The molecular formula is C15H20F3N3O4S. The third-order valence-corrected chi connectivity index (χ3v) is 7.17. The molecule has 1 aromatic rings. The van der Waals surface area contributed by atoms with E-state index in [1.54, 1.807) is 0 Å². The van der Waals surface area contributed by atoms with Crippen LogP contribution in [-0.2, 0) is 28.0 Å². The number of aryl methyl sites for hydroxylation is 1. The van der Waals surface area contributed by atoms with E-state index in [4.69, 9.17) is 0 Å². The second-order valence-electron chi connectivity index (χ2n) is 6.99. The molecule has 0 bridgehead atoms. The second-order valence-corrected chi connectivity index (χ2v) is 8.89. The van der Waals surface area contributed by atoms with Crippen molar-refractivity contribution < 1.29 is 31.5 Å². The van der Waals surface area contributed by atoms with Gasteiger partial charge in [0.25, 0.3) is 0 Å². The number of aliphatic carboxylic acids is 1. The molecule has 0 amide bonds. The number of hydrogen-bond donors (Lipinski definition) is 1. The van der Waals surface area contributed by atoms with Gasteiger partial charge in [-0.05, 0) is 11.8 Å². The van der Waals surface area contributed by atoms with Gasteiger partial charge < -0.3 is 5.11 Å². The first kappa shape index (κ1) is 19.2. The van der Waals surface area contributed by atoms with Gasteiger partial charge >= 0.3 is 12.1 Å². The molecule has 1 aromatic heterocycles. The maximum absolute atomic E-state index is 13.2. The van der Waals surface area contributed by atoms with Crippen molar-refractivity contribution in [2.45, 2.75) is 36.8 Å². The Balaban J connectivity index is 1.94. The van der Waals surface area contributed by atoms with E-state index in [0.29, 0.717) is 0 Å². The van der Waals surface area contributed by atoms with Gasteiger partial charge in [-0.25, -0.2) is 8.42 Å². The molecule has 1 aliphatic heterocycles. The summed E-state index contributed by atoms with van der Waals surface area (Å²) in [5.41, 5.74) is -1.48. The van der Waals surface area contributed by atoms with Crippen molar-refractivity contribution in [2.75, 3.05) is 13.1 Å². The van der Waals surface area contributed by atoms with Crippen LogP contribution < -0.4 is 0 Å². The first-order valence-electron chi connectivity index (χ1n) is 8.35. The highest BCUT2D eigenvalue weighted by Gasteiger charge is 2.49. The Morgan fingerprint density at radius 1 is 1.27 bits per heavy atom. The summed E-state index contributed by atoms with van der Waals surface area (Å²) in [4.78, 5) is 10.7. The molecule has 2 fully saturated rings. The monoisotopic (exact) mass is 395 g/mol. The normalized spacial score (nSPS) is 25.8. The summed E-state index contributed by atoms with van der Waals surface area (Å²) in [6.45, 7) is -0.388. The van der Waals surface area contributed by atoms with Crippen LogP contribution in [0.4, 0.5) is 13.2 Å². The van der Waals surface area contributed by atoms with Gasteiger partial charge in [0.05, 0.1) is 5.92 Å². The van der Waals surface area contributed by atoms with Gasteiger partial charge in [-0.3, -0.25) is 9.48 Å². The molecule has 11 heteroatoms. The molecule has 1 aliphatic carbocycles. The number of sulfonamides is 1. The Morgan fingerprint density at radius 3 is 2.42 bits per heavy atom. The fraction of sp³-hybridized carbons (Fsp3) is 0.733. The molecule has 3 rings (SSSR count). The summed E-state index contributed by atoms with van der Waals surface area (Å²) in [7, 11) is -3.29. The van der Waals surface area contributed by atoms with E-state index in [9.17, 15) is 31.5 Å². The molecule has 0 aromatic carbocycles. The maximum Gasteiger partial charge on any atom is 0.436 e. The zero-order valence-corrected chi connectivity index (χ0v) is 14.9. The number of rotatable bonds is 4. The SMILES string of the molecule is Cn1cc(S(=O)(=O)N2C[C@@H](C(=O)O)[C@H](C3CCCC3)C2)c(C(F)(F)F)n1. The Bertz CT molecular complexity index is 800. The highest BCUT2D eigenvalue weighted by molar-refractivity contribution is 7.89. The molecule has 0 spiro atoms. The van der Waals surface area contributed by atoms with Gasteiger partial charge in [-0.15, -0.1) is 0 Å². The van der Waals surface area contributed by atoms with Crippen LogP contribution in [0.25, 0.3) is 0 Å². The molecule has 1 saturated heterocycles. The average Bonchev–Trinajstić information content (AvgIpc) is 3.24. The molecule has 146 valence electrons. The first-order chi connectivity index (χ1) is 12.0. The van der Waals surface area contributed by atoms with Crippen LogP contribution in [0.3, 0.4) is 0 Å². The number of hydrogen-bond acceptors (Lipinski definition) is 4. The lowest BCUT2D eigenvalue weighted by molar-refractivity contribution is -0.144. The number of carboxylic acids is 1. The summed E-state index contributed by atoms with van der Waals surface area (Å²) in [5, 5.41) is 12.7. The van der Waals surface area contributed by atoms with E-state index in [2.05, 4.69) is 5.10 Å². The molecule has 0 unspecified atom stereocenters. The summed E-state index contributed by atoms with van der Waals surface area (Å²) < 4.78 is 66.8. The Kier molecular flexibility index (Phi) is 4.80. The second kappa shape index (κ2) is 6.52. The summed E-state index contributed by atoms with van der Waals surface area (Å²) in [5.74, 6) is -2.30. The Labute approximate surface area is 148 Å². The van der Waals surface area contributed by atoms with E-state index >= 15 is 0 Å². The Hall–Kier alpha value is -1.62. The van der Waals surface area contributed by atoms with Crippen LogP contribution in [0.15, 0.2) is 11.1 Å². The minimum atomic E-state index is -4.92. The lowest BCUT2D eigenvalue weighted by atomic mass is 9.83. The van der Waals surface area contributed by atoms with Crippen molar-refractivity contribution in [3.63, 3.8) is 0 Å². The van der Waals surface area contributed by atoms with Gasteiger partial charge in [-0.1, -0.05) is 25.7 Å². The molecule has 1 saturated carbocycles. The molecule has 2 aliphatic rings. The number of carboxylic acid groups (broad SMARTS) is 1. The van der Waals surface area contributed by atoms with Gasteiger partial charge in [-0.2, -0.15) is 22.6 Å². The zero-order chi connectivity index (χ0) is 19.3. The third kappa shape index (κ3) is 3.34. The molecular weight excluding hydrogens is 375 g/mol. The predicted octanol–water partition coefficient (Wildman–Crippen LogP) is 1.95. The predicted molar refractivity (Wildman–Crippen MR) is 83.5 cm³/mol.